The molecule has 1 aromatic rings. The van der Waals surface area contributed by atoms with Crippen LogP contribution >= 0.6 is 0 Å². The van der Waals surface area contributed by atoms with Crippen LogP contribution in [0, 0.1) is 12.3 Å². The number of imidazole rings is 1. The minimum Gasteiger partial charge on any atom is -0.384 e. The largest absolute Gasteiger partial charge is 0.384 e. The van der Waals surface area contributed by atoms with Gasteiger partial charge in [-0.05, 0) is 25.7 Å². The van der Waals surface area contributed by atoms with E-state index in [1.165, 1.54) is 12.8 Å². The van der Waals surface area contributed by atoms with Crippen LogP contribution in [0.1, 0.15) is 62.9 Å². The number of nitrogens with two attached hydrogens (primary N) is 1. The fourth-order valence-corrected chi connectivity index (χ4v) is 2.39. The second kappa shape index (κ2) is 4.83. The standard InChI is InChI=1S/C14H21N3/c1-4-9-17-13(15)12(10(5-2)6-3)16-14(17)11-7-8-11/h1,10-11H,5-9,15H2,2-3H3. The minimum atomic E-state index is 0.464. The molecule has 1 heterocycles. The normalized spacial score (nSPS) is 15.2. The van der Waals surface area contributed by atoms with Gasteiger partial charge in [-0.3, -0.25) is 0 Å². The zero-order chi connectivity index (χ0) is 12.4. The molecule has 1 aliphatic rings. The molecule has 17 heavy (non-hydrogen) atoms. The van der Waals surface area contributed by atoms with Crippen molar-refractivity contribution in [2.45, 2.75) is 57.9 Å². The summed E-state index contributed by atoms with van der Waals surface area (Å²) in [5.41, 5.74) is 7.27. The molecule has 1 saturated carbocycles. The van der Waals surface area contributed by atoms with Gasteiger partial charge in [0.25, 0.3) is 0 Å². The molecule has 0 radical (unpaired) electrons. The van der Waals surface area contributed by atoms with E-state index in [0.717, 1.165) is 30.2 Å². The van der Waals surface area contributed by atoms with E-state index in [9.17, 15) is 0 Å². The van der Waals surface area contributed by atoms with Crippen molar-refractivity contribution in [3.63, 3.8) is 0 Å². The Balaban J connectivity index is 2.40. The van der Waals surface area contributed by atoms with Crippen LogP contribution in [0.4, 0.5) is 5.82 Å². The van der Waals surface area contributed by atoms with E-state index in [0.29, 0.717) is 18.4 Å². The summed E-state index contributed by atoms with van der Waals surface area (Å²) in [6.07, 6.45) is 10.0. The van der Waals surface area contributed by atoms with Gasteiger partial charge >= 0.3 is 0 Å². The molecule has 0 amide bonds. The second-order valence-electron chi connectivity index (χ2n) is 4.82. The summed E-state index contributed by atoms with van der Waals surface area (Å²) in [5, 5.41) is 0. The molecule has 0 saturated heterocycles. The lowest BCUT2D eigenvalue weighted by molar-refractivity contribution is 0.626. The molecule has 1 aliphatic carbocycles. The summed E-state index contributed by atoms with van der Waals surface area (Å²) in [6, 6.07) is 0. The Labute approximate surface area is 103 Å². The van der Waals surface area contributed by atoms with Crippen molar-refractivity contribution < 1.29 is 0 Å². The maximum Gasteiger partial charge on any atom is 0.127 e. The Kier molecular flexibility index (Phi) is 3.42. The van der Waals surface area contributed by atoms with Gasteiger partial charge in [0.05, 0.1) is 12.2 Å². The van der Waals surface area contributed by atoms with Gasteiger partial charge in [0, 0.05) is 11.8 Å². The molecule has 2 rings (SSSR count). The molecule has 0 spiro atoms. The summed E-state index contributed by atoms with van der Waals surface area (Å²) in [4.78, 5) is 4.77. The Hall–Kier alpha value is -1.43. The van der Waals surface area contributed by atoms with Crippen molar-refractivity contribution in [3.05, 3.63) is 11.5 Å². The number of aromatic nitrogens is 2. The van der Waals surface area contributed by atoms with Crippen LogP contribution in [0.5, 0.6) is 0 Å². The van der Waals surface area contributed by atoms with Crippen molar-refractivity contribution in [3.8, 4) is 12.3 Å². The molecule has 0 aromatic carbocycles. The van der Waals surface area contributed by atoms with E-state index >= 15 is 0 Å². The summed E-state index contributed by atoms with van der Waals surface area (Å²) < 4.78 is 2.03. The monoisotopic (exact) mass is 231 g/mol. The molecule has 3 heteroatoms. The van der Waals surface area contributed by atoms with Crippen LogP contribution < -0.4 is 5.73 Å². The Morgan fingerprint density at radius 2 is 2.12 bits per heavy atom. The van der Waals surface area contributed by atoms with Gasteiger partial charge in [0.2, 0.25) is 0 Å². The van der Waals surface area contributed by atoms with Crippen molar-refractivity contribution in [2.24, 2.45) is 0 Å². The van der Waals surface area contributed by atoms with Gasteiger partial charge in [0.15, 0.2) is 0 Å². The van der Waals surface area contributed by atoms with E-state index in [-0.39, 0.29) is 0 Å². The first kappa shape index (κ1) is 12.0. The predicted octanol–water partition coefficient (Wildman–Crippen LogP) is 2.88. The number of nitrogen functional groups attached to an aromatic ring is 1. The van der Waals surface area contributed by atoms with Crippen LogP contribution in [-0.2, 0) is 6.54 Å². The van der Waals surface area contributed by atoms with Gasteiger partial charge in [-0.2, -0.15) is 0 Å². The number of terminal acetylenes is 1. The molecule has 0 atom stereocenters. The highest BCUT2D eigenvalue weighted by atomic mass is 15.1. The average Bonchev–Trinajstić information content (AvgIpc) is 3.12. The van der Waals surface area contributed by atoms with Crippen LogP contribution in [0.3, 0.4) is 0 Å². The van der Waals surface area contributed by atoms with Gasteiger partial charge in [-0.25, -0.2) is 4.98 Å². The summed E-state index contributed by atoms with van der Waals surface area (Å²) >= 11 is 0. The van der Waals surface area contributed by atoms with Crippen LogP contribution in [0.15, 0.2) is 0 Å². The van der Waals surface area contributed by atoms with Crippen molar-refractivity contribution >= 4 is 5.82 Å². The predicted molar refractivity (Wildman–Crippen MR) is 70.8 cm³/mol. The molecule has 0 unspecified atom stereocenters. The molecule has 0 aliphatic heterocycles. The first-order chi connectivity index (χ1) is 8.22. The van der Waals surface area contributed by atoms with Crippen LogP contribution in [0.25, 0.3) is 0 Å². The van der Waals surface area contributed by atoms with E-state index < -0.39 is 0 Å². The number of nitrogens with zero attached hydrogens (tertiary/aromatic N) is 2. The quantitative estimate of drug-likeness (QED) is 0.792. The molecule has 92 valence electrons. The van der Waals surface area contributed by atoms with Gasteiger partial charge in [-0.15, -0.1) is 6.42 Å². The number of rotatable bonds is 5. The zero-order valence-corrected chi connectivity index (χ0v) is 10.7. The highest BCUT2D eigenvalue weighted by Crippen LogP contribution is 2.42. The second-order valence-corrected chi connectivity index (χ2v) is 4.82. The highest BCUT2D eigenvalue weighted by molar-refractivity contribution is 5.42. The van der Waals surface area contributed by atoms with E-state index in [1.54, 1.807) is 0 Å². The van der Waals surface area contributed by atoms with E-state index in [1.807, 2.05) is 4.57 Å². The Bertz CT molecular complexity index is 431. The first-order valence-corrected chi connectivity index (χ1v) is 6.52. The van der Waals surface area contributed by atoms with Gasteiger partial charge in [0.1, 0.15) is 11.6 Å². The van der Waals surface area contributed by atoms with E-state index in [2.05, 4.69) is 19.8 Å². The zero-order valence-electron chi connectivity index (χ0n) is 10.7. The number of anilines is 1. The molecule has 2 N–H and O–H groups in total. The van der Waals surface area contributed by atoms with Crippen molar-refractivity contribution in [1.82, 2.24) is 9.55 Å². The Morgan fingerprint density at radius 1 is 1.47 bits per heavy atom. The van der Waals surface area contributed by atoms with Crippen LogP contribution in [0.2, 0.25) is 0 Å². The van der Waals surface area contributed by atoms with E-state index in [4.69, 9.17) is 17.1 Å². The first-order valence-electron chi connectivity index (χ1n) is 6.52. The van der Waals surface area contributed by atoms with Gasteiger partial charge < -0.3 is 10.3 Å². The third-order valence-corrected chi connectivity index (χ3v) is 3.63. The lowest BCUT2D eigenvalue weighted by Crippen LogP contribution is -2.07. The highest BCUT2D eigenvalue weighted by Gasteiger charge is 2.31. The minimum absolute atomic E-state index is 0.464. The summed E-state index contributed by atoms with van der Waals surface area (Å²) in [7, 11) is 0. The summed E-state index contributed by atoms with van der Waals surface area (Å²) in [5.74, 6) is 5.64. The third-order valence-electron chi connectivity index (χ3n) is 3.63. The molecule has 1 aromatic heterocycles. The fourth-order valence-electron chi connectivity index (χ4n) is 2.39. The smallest absolute Gasteiger partial charge is 0.127 e. The fraction of sp³-hybridized carbons (Fsp3) is 0.643. The lowest BCUT2D eigenvalue weighted by Gasteiger charge is -2.10. The number of hydrogen-bond donors (Lipinski definition) is 1. The van der Waals surface area contributed by atoms with Gasteiger partial charge in [-0.1, -0.05) is 19.8 Å². The average molecular weight is 231 g/mol. The Morgan fingerprint density at radius 3 is 2.59 bits per heavy atom. The topological polar surface area (TPSA) is 43.8 Å². The molecule has 0 bridgehead atoms. The maximum absolute atomic E-state index is 6.21. The SMILES string of the molecule is C#CCn1c(C2CC2)nc(C(CC)CC)c1N. The molecule has 3 nitrogen and oxygen atoms in total. The third kappa shape index (κ3) is 2.17. The molecule has 1 fully saturated rings. The van der Waals surface area contributed by atoms with Crippen molar-refractivity contribution in [1.29, 1.82) is 0 Å². The molecular weight excluding hydrogens is 210 g/mol. The number of hydrogen-bond acceptors (Lipinski definition) is 2. The van der Waals surface area contributed by atoms with Crippen LogP contribution in [-0.4, -0.2) is 9.55 Å². The maximum atomic E-state index is 6.21. The lowest BCUT2D eigenvalue weighted by atomic mass is 9.99. The molecular formula is C14H21N3. The van der Waals surface area contributed by atoms with Crippen molar-refractivity contribution in [2.75, 3.05) is 5.73 Å². The summed E-state index contributed by atoms with van der Waals surface area (Å²) in [6.45, 7) is 4.92.